The third-order valence-electron chi connectivity index (χ3n) is 2.40. The van der Waals surface area contributed by atoms with Crippen LogP contribution >= 0.6 is 34.7 Å². The molecule has 1 heterocycles. The highest BCUT2D eigenvalue weighted by molar-refractivity contribution is 8.01. The van der Waals surface area contributed by atoms with Crippen molar-refractivity contribution in [3.8, 4) is 5.75 Å². The number of rotatable bonds is 7. The molecule has 0 atom stereocenters. The highest BCUT2D eigenvalue weighted by atomic mass is 35.5. The molecule has 0 unspecified atom stereocenters. The van der Waals surface area contributed by atoms with Crippen molar-refractivity contribution in [2.24, 2.45) is 0 Å². The van der Waals surface area contributed by atoms with Gasteiger partial charge in [-0.25, -0.2) is 0 Å². The summed E-state index contributed by atoms with van der Waals surface area (Å²) in [6.07, 6.45) is 1.87. The van der Waals surface area contributed by atoms with Gasteiger partial charge in [0.2, 0.25) is 5.13 Å². The summed E-state index contributed by atoms with van der Waals surface area (Å²) in [7, 11) is 1.66. The smallest absolute Gasteiger partial charge is 0.206 e. The molecule has 0 aliphatic carbocycles. The molecular formula is C13H14ClN3OS2. The maximum Gasteiger partial charge on any atom is 0.206 e. The van der Waals surface area contributed by atoms with Gasteiger partial charge in [-0.1, -0.05) is 52.9 Å². The molecule has 2 rings (SSSR count). The Hall–Kier alpha value is -1.24. The second-order valence-electron chi connectivity index (χ2n) is 3.75. The second-order valence-corrected chi connectivity index (χ2v) is 6.24. The number of anilines is 1. The van der Waals surface area contributed by atoms with Gasteiger partial charge < -0.3 is 10.1 Å². The van der Waals surface area contributed by atoms with E-state index in [0.29, 0.717) is 6.54 Å². The molecular weight excluding hydrogens is 314 g/mol. The molecule has 20 heavy (non-hydrogen) atoms. The summed E-state index contributed by atoms with van der Waals surface area (Å²) in [5, 5.41) is 12.3. The summed E-state index contributed by atoms with van der Waals surface area (Å²) in [4.78, 5) is 0. The van der Waals surface area contributed by atoms with Crippen molar-refractivity contribution >= 4 is 39.8 Å². The van der Waals surface area contributed by atoms with Crippen LogP contribution in [-0.4, -0.2) is 23.1 Å². The largest absolute Gasteiger partial charge is 0.497 e. The lowest BCUT2D eigenvalue weighted by Gasteiger charge is -2.03. The Morgan fingerprint density at radius 2 is 2.15 bits per heavy atom. The van der Waals surface area contributed by atoms with Crippen LogP contribution in [0.15, 0.2) is 40.2 Å². The molecule has 0 aliphatic heterocycles. The molecule has 0 spiro atoms. The van der Waals surface area contributed by atoms with Crippen LogP contribution in [0.25, 0.3) is 0 Å². The average Bonchev–Trinajstić information content (AvgIpc) is 2.94. The summed E-state index contributed by atoms with van der Waals surface area (Å²) in [6, 6.07) is 7.93. The number of methoxy groups -OCH3 is 1. The fraction of sp³-hybridized carbons (Fsp3) is 0.231. The third-order valence-corrected chi connectivity index (χ3v) is 4.55. The molecule has 1 aromatic heterocycles. The Kier molecular flexibility index (Phi) is 6.17. The number of ether oxygens (including phenoxy) is 1. The minimum absolute atomic E-state index is 0.713. The van der Waals surface area contributed by atoms with Crippen molar-refractivity contribution in [1.29, 1.82) is 0 Å². The first-order valence-corrected chi connectivity index (χ1v) is 8.14. The quantitative estimate of drug-likeness (QED) is 0.779. The van der Waals surface area contributed by atoms with Crippen LogP contribution in [-0.2, 0) is 6.54 Å². The number of hydrogen-bond donors (Lipinski definition) is 1. The Labute approximate surface area is 131 Å². The van der Waals surface area contributed by atoms with E-state index in [9.17, 15) is 0 Å². The van der Waals surface area contributed by atoms with Gasteiger partial charge in [-0.2, -0.15) is 0 Å². The van der Waals surface area contributed by atoms with E-state index in [0.717, 1.165) is 21.0 Å². The predicted octanol–water partition coefficient (Wildman–Crippen LogP) is 4.00. The van der Waals surface area contributed by atoms with Crippen molar-refractivity contribution in [1.82, 2.24) is 10.2 Å². The van der Waals surface area contributed by atoms with Crippen LogP contribution in [0.4, 0.5) is 5.13 Å². The zero-order valence-electron chi connectivity index (χ0n) is 10.9. The van der Waals surface area contributed by atoms with Gasteiger partial charge in [-0.05, 0) is 17.7 Å². The summed E-state index contributed by atoms with van der Waals surface area (Å²) >= 11 is 8.61. The first kappa shape index (κ1) is 15.2. The zero-order chi connectivity index (χ0) is 14.2. The van der Waals surface area contributed by atoms with E-state index in [1.54, 1.807) is 18.9 Å². The molecule has 0 radical (unpaired) electrons. The number of nitrogens with zero attached hydrogens (tertiary/aromatic N) is 2. The van der Waals surface area contributed by atoms with Gasteiger partial charge in [-0.15, -0.1) is 10.2 Å². The Bertz CT molecular complexity index is 557. The summed E-state index contributed by atoms with van der Waals surface area (Å²) in [5.74, 6) is 1.66. The molecule has 0 saturated heterocycles. The minimum atomic E-state index is 0.713. The lowest BCUT2D eigenvalue weighted by atomic mass is 10.2. The molecule has 0 fully saturated rings. The van der Waals surface area contributed by atoms with Gasteiger partial charge in [0.25, 0.3) is 0 Å². The van der Waals surface area contributed by atoms with E-state index >= 15 is 0 Å². The van der Waals surface area contributed by atoms with Gasteiger partial charge in [0.1, 0.15) is 5.75 Å². The van der Waals surface area contributed by atoms with E-state index in [1.165, 1.54) is 22.4 Å². The third kappa shape index (κ3) is 4.70. The first-order chi connectivity index (χ1) is 9.81. The monoisotopic (exact) mass is 327 g/mol. The van der Waals surface area contributed by atoms with Gasteiger partial charge in [0, 0.05) is 17.8 Å². The van der Waals surface area contributed by atoms with E-state index in [1.807, 2.05) is 30.3 Å². The number of aromatic nitrogens is 2. The van der Waals surface area contributed by atoms with Crippen LogP contribution in [0.2, 0.25) is 0 Å². The normalized spacial score (nSPS) is 10.9. The molecule has 1 N–H and O–H groups in total. The van der Waals surface area contributed by atoms with Crippen molar-refractivity contribution in [2.45, 2.75) is 10.9 Å². The van der Waals surface area contributed by atoms with Gasteiger partial charge in [-0.3, -0.25) is 0 Å². The Morgan fingerprint density at radius 3 is 2.85 bits per heavy atom. The molecule has 0 aliphatic rings. The summed E-state index contributed by atoms with van der Waals surface area (Å²) < 4.78 is 6.05. The van der Waals surface area contributed by atoms with Crippen LogP contribution in [0.3, 0.4) is 0 Å². The average molecular weight is 328 g/mol. The topological polar surface area (TPSA) is 47.0 Å². The fourth-order valence-corrected chi connectivity index (χ4v) is 3.19. The van der Waals surface area contributed by atoms with E-state index in [4.69, 9.17) is 16.3 Å². The number of hydrogen-bond acceptors (Lipinski definition) is 6. The molecule has 0 amide bonds. The fourth-order valence-electron chi connectivity index (χ4n) is 1.42. The van der Waals surface area contributed by atoms with Crippen LogP contribution in [0.1, 0.15) is 5.56 Å². The Morgan fingerprint density at radius 1 is 1.35 bits per heavy atom. The molecule has 7 heteroatoms. The maximum absolute atomic E-state index is 5.46. The standard InChI is InChI=1S/C13H14ClN3OS2/c1-18-11-5-3-10(4-6-11)9-15-12-16-17-13(20-12)19-8-2-7-14/h2-7H,8-9H2,1H3,(H,15,16)/b7-2+. The van der Waals surface area contributed by atoms with Crippen molar-refractivity contribution in [3.63, 3.8) is 0 Å². The van der Waals surface area contributed by atoms with Crippen molar-refractivity contribution < 1.29 is 4.74 Å². The molecule has 0 saturated carbocycles. The predicted molar refractivity (Wildman–Crippen MR) is 85.9 cm³/mol. The number of nitrogens with one attached hydrogen (secondary N) is 1. The van der Waals surface area contributed by atoms with Gasteiger partial charge in [0.15, 0.2) is 4.34 Å². The van der Waals surface area contributed by atoms with E-state index in [2.05, 4.69) is 15.5 Å². The number of thioether (sulfide) groups is 1. The number of benzene rings is 1. The van der Waals surface area contributed by atoms with Crippen LogP contribution in [0, 0.1) is 0 Å². The minimum Gasteiger partial charge on any atom is -0.497 e. The first-order valence-electron chi connectivity index (χ1n) is 5.90. The van der Waals surface area contributed by atoms with Crippen LogP contribution in [0.5, 0.6) is 5.75 Å². The lowest BCUT2D eigenvalue weighted by Crippen LogP contribution is -1.98. The molecule has 4 nitrogen and oxygen atoms in total. The van der Waals surface area contributed by atoms with Gasteiger partial charge >= 0.3 is 0 Å². The summed E-state index contributed by atoms with van der Waals surface area (Å²) in [6.45, 7) is 0.713. The Balaban J connectivity index is 1.83. The van der Waals surface area contributed by atoms with Crippen LogP contribution < -0.4 is 10.1 Å². The van der Waals surface area contributed by atoms with Crippen molar-refractivity contribution in [3.05, 3.63) is 41.4 Å². The molecule has 1 aromatic carbocycles. The number of halogens is 1. The second kappa shape index (κ2) is 8.14. The molecule has 106 valence electrons. The molecule has 0 bridgehead atoms. The van der Waals surface area contributed by atoms with Crippen molar-refractivity contribution in [2.75, 3.05) is 18.2 Å². The lowest BCUT2D eigenvalue weighted by molar-refractivity contribution is 0.414. The van der Waals surface area contributed by atoms with E-state index < -0.39 is 0 Å². The highest BCUT2D eigenvalue weighted by Gasteiger charge is 2.03. The highest BCUT2D eigenvalue weighted by Crippen LogP contribution is 2.25. The van der Waals surface area contributed by atoms with E-state index in [-0.39, 0.29) is 0 Å². The molecule has 2 aromatic rings. The van der Waals surface area contributed by atoms with Gasteiger partial charge in [0.05, 0.1) is 7.11 Å². The zero-order valence-corrected chi connectivity index (χ0v) is 13.3. The summed E-state index contributed by atoms with van der Waals surface area (Å²) in [5.41, 5.74) is 2.68. The maximum atomic E-state index is 5.46. The SMILES string of the molecule is COc1ccc(CNc2nnc(SC/C=C/Cl)s2)cc1.